The molecule has 1 fully saturated rings. The number of nitrogens with two attached hydrogens (primary N) is 1. The van der Waals surface area contributed by atoms with Crippen LogP contribution in [0.15, 0.2) is 41.6 Å². The number of nitrogens with one attached hydrogen (secondary N) is 1. The highest BCUT2D eigenvalue weighted by Crippen LogP contribution is 2.35. The minimum absolute atomic E-state index is 0.164. The van der Waals surface area contributed by atoms with Gasteiger partial charge in [0.1, 0.15) is 11.8 Å². The maximum Gasteiger partial charge on any atom is 0.286 e. The fourth-order valence-electron chi connectivity index (χ4n) is 4.53. The van der Waals surface area contributed by atoms with Crippen LogP contribution in [-0.4, -0.2) is 50.6 Å². The summed E-state index contributed by atoms with van der Waals surface area (Å²) in [6.45, 7) is 0.154. The Hall–Kier alpha value is -3.58. The summed E-state index contributed by atoms with van der Waals surface area (Å²) < 4.78 is 43.0. The van der Waals surface area contributed by atoms with Gasteiger partial charge in [-0.1, -0.05) is 11.6 Å². The number of hydrogen-bond acceptors (Lipinski definition) is 7. The smallest absolute Gasteiger partial charge is 0.286 e. The summed E-state index contributed by atoms with van der Waals surface area (Å²) in [6.07, 6.45) is 1.09. The van der Waals surface area contributed by atoms with Crippen LogP contribution < -0.4 is 21.5 Å². The average molecular weight is 552 g/mol. The van der Waals surface area contributed by atoms with E-state index in [4.69, 9.17) is 17.3 Å². The normalized spacial score (nSPS) is 16.0. The Bertz CT molecular complexity index is 1540. The summed E-state index contributed by atoms with van der Waals surface area (Å²) in [5.74, 6) is -1.21. The third-order valence-electron chi connectivity index (χ3n) is 6.13. The summed E-state index contributed by atoms with van der Waals surface area (Å²) in [6, 6.07) is 5.85. The van der Waals surface area contributed by atoms with Gasteiger partial charge in [-0.25, -0.2) is 22.7 Å². The van der Waals surface area contributed by atoms with E-state index >= 15 is 0 Å². The molecule has 1 saturated heterocycles. The summed E-state index contributed by atoms with van der Waals surface area (Å²) in [5.41, 5.74) is 6.66. The highest BCUT2D eigenvalue weighted by Gasteiger charge is 2.27. The number of fused-ring (bicyclic) bond motifs is 1. The van der Waals surface area contributed by atoms with Crippen molar-refractivity contribution < 1.29 is 18.0 Å². The molecule has 37 heavy (non-hydrogen) atoms. The molecule has 5 heterocycles. The van der Waals surface area contributed by atoms with Gasteiger partial charge in [-0.3, -0.25) is 9.59 Å². The molecule has 5 rings (SSSR count). The molecule has 0 bridgehead atoms. The Kier molecular flexibility index (Phi) is 6.82. The molecular weight excluding hydrogens is 531 g/mol. The number of alkyl halides is 2. The van der Waals surface area contributed by atoms with Crippen LogP contribution in [0.4, 0.5) is 24.7 Å². The van der Waals surface area contributed by atoms with Crippen LogP contribution in [0, 0.1) is 5.82 Å². The van der Waals surface area contributed by atoms with Crippen molar-refractivity contribution in [1.29, 1.82) is 0 Å². The molecule has 3 N–H and O–H groups in total. The third-order valence-corrected chi connectivity index (χ3v) is 7.36. The molecule has 0 spiro atoms. The molecule has 9 nitrogen and oxygen atoms in total. The summed E-state index contributed by atoms with van der Waals surface area (Å²) >= 11 is 7.15. The van der Waals surface area contributed by atoms with Crippen molar-refractivity contribution >= 4 is 45.9 Å². The van der Waals surface area contributed by atoms with E-state index in [1.165, 1.54) is 28.4 Å². The first-order chi connectivity index (χ1) is 17.7. The Morgan fingerprint density at radius 3 is 2.86 bits per heavy atom. The number of nitrogens with zero attached hydrogens (tertiary/aromatic N) is 5. The molecule has 1 aliphatic rings. The fraction of sp³-hybridized carbons (Fsp3) is 0.304. The van der Waals surface area contributed by atoms with Gasteiger partial charge >= 0.3 is 0 Å². The van der Waals surface area contributed by atoms with E-state index in [0.717, 1.165) is 18.9 Å². The second-order valence-electron chi connectivity index (χ2n) is 8.61. The lowest BCUT2D eigenvalue weighted by molar-refractivity contribution is 0.0937. The Morgan fingerprint density at radius 1 is 1.32 bits per heavy atom. The topological polar surface area (TPSA) is 111 Å². The van der Waals surface area contributed by atoms with E-state index in [1.807, 2.05) is 4.90 Å². The number of halogens is 4. The van der Waals surface area contributed by atoms with Crippen molar-refractivity contribution in [1.82, 2.24) is 24.5 Å². The molecule has 4 aromatic rings. The number of thiophene rings is 1. The molecule has 1 aliphatic heterocycles. The number of piperidine rings is 1. The van der Waals surface area contributed by atoms with Crippen LogP contribution in [0.2, 0.25) is 4.34 Å². The van der Waals surface area contributed by atoms with E-state index in [9.17, 15) is 22.8 Å². The number of nitrogen functional groups attached to an aromatic ring is 1. The van der Waals surface area contributed by atoms with E-state index in [1.54, 1.807) is 18.2 Å². The lowest BCUT2D eigenvalue weighted by Gasteiger charge is -2.34. The van der Waals surface area contributed by atoms with Crippen molar-refractivity contribution in [3.05, 3.63) is 62.2 Å². The molecule has 0 aromatic carbocycles. The van der Waals surface area contributed by atoms with E-state index in [2.05, 4.69) is 15.4 Å². The quantitative estimate of drug-likeness (QED) is 0.378. The zero-order chi connectivity index (χ0) is 26.3. The van der Waals surface area contributed by atoms with Gasteiger partial charge in [0.2, 0.25) is 0 Å². The Morgan fingerprint density at radius 2 is 2.14 bits per heavy atom. The molecule has 0 radical (unpaired) electrons. The molecular formula is C23H21ClF3N7O2S. The summed E-state index contributed by atoms with van der Waals surface area (Å²) in [7, 11) is 0. The van der Waals surface area contributed by atoms with Gasteiger partial charge in [0.25, 0.3) is 17.9 Å². The van der Waals surface area contributed by atoms with Gasteiger partial charge in [-0.2, -0.15) is 5.10 Å². The van der Waals surface area contributed by atoms with Crippen molar-refractivity contribution in [2.45, 2.75) is 31.9 Å². The first-order valence-corrected chi connectivity index (χ1v) is 12.5. The van der Waals surface area contributed by atoms with Gasteiger partial charge in [0.05, 0.1) is 27.1 Å². The van der Waals surface area contributed by atoms with Crippen LogP contribution in [-0.2, 0) is 6.54 Å². The minimum Gasteiger partial charge on any atom is -0.382 e. The second kappa shape index (κ2) is 10.1. The standard InChI is InChI=1S/C23H21ClF3N7O2S/c24-18-4-3-17(37-18)22(35)31-13-2-1-5-32(9-13)16-7-15(34-20(16)21(28)29-11-30-34)12-6-14(25)23(36)33(8-12)10-19(26)27/h3-4,6-8,11,13,19H,1-2,5,9-10H2,(H,31,35)(H2,28,29,30)/t13-/m1/s1. The number of anilines is 2. The van der Waals surface area contributed by atoms with E-state index in [0.29, 0.717) is 43.8 Å². The highest BCUT2D eigenvalue weighted by molar-refractivity contribution is 7.18. The molecule has 0 aliphatic carbocycles. The summed E-state index contributed by atoms with van der Waals surface area (Å²) in [4.78, 5) is 31.3. The predicted molar refractivity (Wildman–Crippen MR) is 135 cm³/mol. The number of carbonyl (C=O) groups is 1. The minimum atomic E-state index is -2.84. The van der Waals surface area contributed by atoms with Crippen molar-refractivity contribution in [2.75, 3.05) is 23.7 Å². The SMILES string of the molecule is Nc1ncnn2c(-c3cc(F)c(=O)n(CC(F)F)c3)cc(N3CCC[C@@H](NC(=O)c4ccc(Cl)s4)C3)c12. The maximum atomic E-state index is 14.4. The van der Waals surface area contributed by atoms with Gasteiger partial charge in [-0.05, 0) is 37.1 Å². The molecule has 14 heteroatoms. The molecule has 0 unspecified atom stereocenters. The molecule has 1 atom stereocenters. The average Bonchev–Trinajstić information content (AvgIpc) is 3.47. The second-order valence-corrected chi connectivity index (χ2v) is 10.3. The monoisotopic (exact) mass is 551 g/mol. The Balaban J connectivity index is 1.51. The number of hydrogen-bond donors (Lipinski definition) is 2. The number of rotatable bonds is 6. The lowest BCUT2D eigenvalue weighted by atomic mass is 10.0. The first kappa shape index (κ1) is 25.1. The number of amides is 1. The molecule has 4 aromatic heterocycles. The maximum absolute atomic E-state index is 14.4. The summed E-state index contributed by atoms with van der Waals surface area (Å²) in [5, 5.41) is 7.28. The Labute approximate surface area is 217 Å². The van der Waals surface area contributed by atoms with Gasteiger partial charge in [0.15, 0.2) is 11.6 Å². The van der Waals surface area contributed by atoms with Crippen molar-refractivity contribution in [3.63, 3.8) is 0 Å². The van der Waals surface area contributed by atoms with Crippen molar-refractivity contribution in [2.24, 2.45) is 0 Å². The molecule has 194 valence electrons. The van der Waals surface area contributed by atoms with Crippen LogP contribution in [0.25, 0.3) is 16.8 Å². The molecule has 0 saturated carbocycles. The van der Waals surface area contributed by atoms with Crippen LogP contribution >= 0.6 is 22.9 Å². The zero-order valence-corrected chi connectivity index (χ0v) is 20.8. The molecule has 1 amide bonds. The van der Waals surface area contributed by atoms with Gasteiger partial charge in [-0.15, -0.1) is 11.3 Å². The third kappa shape index (κ3) is 5.01. The zero-order valence-electron chi connectivity index (χ0n) is 19.2. The number of aromatic nitrogens is 4. The van der Waals surface area contributed by atoms with Crippen LogP contribution in [0.3, 0.4) is 0 Å². The van der Waals surface area contributed by atoms with Gasteiger partial charge < -0.3 is 20.5 Å². The largest absolute Gasteiger partial charge is 0.382 e. The van der Waals surface area contributed by atoms with E-state index < -0.39 is 24.3 Å². The van der Waals surface area contributed by atoms with E-state index in [-0.39, 0.29) is 23.3 Å². The first-order valence-electron chi connectivity index (χ1n) is 11.3. The lowest BCUT2D eigenvalue weighted by Crippen LogP contribution is -2.47. The predicted octanol–water partition coefficient (Wildman–Crippen LogP) is 3.66. The highest BCUT2D eigenvalue weighted by atomic mass is 35.5. The fourth-order valence-corrected chi connectivity index (χ4v) is 5.47. The number of carbonyl (C=O) groups excluding carboxylic acids is 1. The van der Waals surface area contributed by atoms with Gasteiger partial charge in [0, 0.05) is 30.9 Å². The van der Waals surface area contributed by atoms with Crippen LogP contribution in [0.5, 0.6) is 0 Å². The van der Waals surface area contributed by atoms with Crippen LogP contribution in [0.1, 0.15) is 22.5 Å². The van der Waals surface area contributed by atoms with Crippen molar-refractivity contribution in [3.8, 4) is 11.3 Å². The number of pyridine rings is 1.